The standard InChI is InChI=1S/C14H18FN3O3/c1-21-9-13(19)17-11-4-6-18(7-5-11)14(20)10-2-3-12(15)16-8-10/h2-3,8,11H,4-7,9H2,1H3,(H,17,19). The van der Waals surface area contributed by atoms with Crippen LogP contribution in [0.5, 0.6) is 0 Å². The van der Waals surface area contributed by atoms with Crippen LogP contribution in [0.2, 0.25) is 0 Å². The van der Waals surface area contributed by atoms with Gasteiger partial charge >= 0.3 is 0 Å². The molecule has 0 aromatic carbocycles. The number of carbonyl (C=O) groups excluding carboxylic acids is 2. The van der Waals surface area contributed by atoms with Crippen molar-refractivity contribution >= 4 is 11.8 Å². The number of amides is 2. The number of hydrogen-bond donors (Lipinski definition) is 1. The molecule has 2 amide bonds. The summed E-state index contributed by atoms with van der Waals surface area (Å²) in [5.74, 6) is -0.916. The van der Waals surface area contributed by atoms with E-state index < -0.39 is 5.95 Å². The Morgan fingerprint density at radius 3 is 2.71 bits per heavy atom. The molecule has 1 aliphatic rings. The lowest BCUT2D eigenvalue weighted by molar-refractivity contribution is -0.125. The number of aromatic nitrogens is 1. The molecule has 0 unspecified atom stereocenters. The molecule has 2 rings (SSSR count). The largest absolute Gasteiger partial charge is 0.375 e. The molecule has 6 nitrogen and oxygen atoms in total. The molecule has 1 aliphatic heterocycles. The van der Waals surface area contributed by atoms with E-state index in [0.717, 1.165) is 0 Å². The molecule has 21 heavy (non-hydrogen) atoms. The fourth-order valence-electron chi connectivity index (χ4n) is 2.31. The second kappa shape index (κ2) is 7.12. The van der Waals surface area contributed by atoms with E-state index in [2.05, 4.69) is 10.3 Å². The van der Waals surface area contributed by atoms with E-state index in [4.69, 9.17) is 4.74 Å². The molecule has 0 radical (unpaired) electrons. The lowest BCUT2D eigenvalue weighted by Crippen LogP contribution is -2.47. The highest BCUT2D eigenvalue weighted by Crippen LogP contribution is 2.13. The van der Waals surface area contributed by atoms with Crippen LogP contribution >= 0.6 is 0 Å². The molecular weight excluding hydrogens is 277 g/mol. The number of rotatable bonds is 4. The van der Waals surface area contributed by atoms with Crippen LogP contribution in [0.4, 0.5) is 4.39 Å². The molecule has 1 N–H and O–H groups in total. The Labute approximate surface area is 122 Å². The third-order valence-electron chi connectivity index (χ3n) is 3.40. The van der Waals surface area contributed by atoms with Crippen LogP contribution < -0.4 is 5.32 Å². The molecule has 0 atom stereocenters. The van der Waals surface area contributed by atoms with Gasteiger partial charge in [0.2, 0.25) is 11.9 Å². The van der Waals surface area contributed by atoms with Crippen molar-refractivity contribution in [3.8, 4) is 0 Å². The zero-order chi connectivity index (χ0) is 15.2. The molecule has 0 saturated carbocycles. The minimum Gasteiger partial charge on any atom is -0.375 e. The number of hydrogen-bond acceptors (Lipinski definition) is 4. The van der Waals surface area contributed by atoms with Gasteiger partial charge in [-0.15, -0.1) is 0 Å². The van der Waals surface area contributed by atoms with Gasteiger partial charge in [0, 0.05) is 32.4 Å². The first-order chi connectivity index (χ1) is 10.1. The van der Waals surface area contributed by atoms with Gasteiger partial charge in [-0.2, -0.15) is 4.39 Å². The molecule has 0 aliphatic carbocycles. The number of likely N-dealkylation sites (tertiary alicyclic amines) is 1. The molecule has 7 heteroatoms. The first kappa shape index (κ1) is 15.4. The number of pyridine rings is 1. The average Bonchev–Trinajstić information content (AvgIpc) is 2.48. The Bertz CT molecular complexity index is 499. The number of ether oxygens (including phenoxy) is 1. The molecule has 2 heterocycles. The van der Waals surface area contributed by atoms with Crippen molar-refractivity contribution in [2.45, 2.75) is 18.9 Å². The van der Waals surface area contributed by atoms with Crippen LogP contribution in [-0.4, -0.2) is 54.5 Å². The SMILES string of the molecule is COCC(=O)NC1CCN(C(=O)c2ccc(F)nc2)CC1. The van der Waals surface area contributed by atoms with E-state index in [0.29, 0.717) is 31.5 Å². The van der Waals surface area contributed by atoms with E-state index in [1.807, 2.05) is 0 Å². The molecule has 1 aromatic rings. The maximum absolute atomic E-state index is 12.7. The van der Waals surface area contributed by atoms with Crippen LogP contribution in [0.1, 0.15) is 23.2 Å². The van der Waals surface area contributed by atoms with Crippen LogP contribution in [-0.2, 0) is 9.53 Å². The number of carbonyl (C=O) groups is 2. The Morgan fingerprint density at radius 2 is 2.14 bits per heavy atom. The summed E-state index contributed by atoms with van der Waals surface area (Å²) >= 11 is 0. The first-order valence-corrected chi connectivity index (χ1v) is 6.79. The van der Waals surface area contributed by atoms with Crippen molar-refractivity contribution in [3.05, 3.63) is 29.8 Å². The summed E-state index contributed by atoms with van der Waals surface area (Å²) in [6, 6.07) is 2.66. The molecule has 1 aromatic heterocycles. The first-order valence-electron chi connectivity index (χ1n) is 6.79. The Balaban J connectivity index is 1.84. The number of nitrogens with one attached hydrogen (secondary N) is 1. The summed E-state index contributed by atoms with van der Waals surface area (Å²) in [6.07, 6.45) is 2.62. The van der Waals surface area contributed by atoms with Gasteiger partial charge in [-0.25, -0.2) is 4.98 Å². The smallest absolute Gasteiger partial charge is 0.255 e. The van der Waals surface area contributed by atoms with E-state index in [1.54, 1.807) is 4.90 Å². The highest BCUT2D eigenvalue weighted by atomic mass is 19.1. The normalized spacial score (nSPS) is 15.8. The lowest BCUT2D eigenvalue weighted by atomic mass is 10.0. The van der Waals surface area contributed by atoms with Crippen LogP contribution in [0, 0.1) is 5.95 Å². The van der Waals surface area contributed by atoms with Gasteiger partial charge in [-0.05, 0) is 25.0 Å². The fourth-order valence-corrected chi connectivity index (χ4v) is 2.31. The monoisotopic (exact) mass is 295 g/mol. The van der Waals surface area contributed by atoms with Gasteiger partial charge < -0.3 is 15.0 Å². The number of methoxy groups -OCH3 is 1. The maximum atomic E-state index is 12.7. The van der Waals surface area contributed by atoms with Crippen molar-refractivity contribution in [3.63, 3.8) is 0 Å². The average molecular weight is 295 g/mol. The second-order valence-corrected chi connectivity index (χ2v) is 4.94. The van der Waals surface area contributed by atoms with Crippen molar-refractivity contribution in [1.82, 2.24) is 15.2 Å². The third kappa shape index (κ3) is 4.22. The fraction of sp³-hybridized carbons (Fsp3) is 0.500. The minimum absolute atomic E-state index is 0.0421. The minimum atomic E-state index is -0.605. The summed E-state index contributed by atoms with van der Waals surface area (Å²) in [4.78, 5) is 28.8. The van der Waals surface area contributed by atoms with Crippen molar-refractivity contribution < 1.29 is 18.7 Å². The van der Waals surface area contributed by atoms with Gasteiger partial charge in [0.25, 0.3) is 5.91 Å². The Hall–Kier alpha value is -2.02. The molecule has 114 valence electrons. The van der Waals surface area contributed by atoms with Gasteiger partial charge in [0.05, 0.1) is 5.56 Å². The summed E-state index contributed by atoms with van der Waals surface area (Å²) < 4.78 is 17.5. The van der Waals surface area contributed by atoms with Gasteiger partial charge in [0.1, 0.15) is 6.61 Å². The van der Waals surface area contributed by atoms with Gasteiger partial charge in [-0.3, -0.25) is 9.59 Å². The lowest BCUT2D eigenvalue weighted by Gasteiger charge is -2.32. The zero-order valence-corrected chi connectivity index (χ0v) is 11.8. The summed E-state index contributed by atoms with van der Waals surface area (Å²) in [5.41, 5.74) is 0.373. The second-order valence-electron chi connectivity index (χ2n) is 4.94. The number of piperidine rings is 1. The van der Waals surface area contributed by atoms with E-state index >= 15 is 0 Å². The van der Waals surface area contributed by atoms with Gasteiger partial charge in [0.15, 0.2) is 0 Å². The van der Waals surface area contributed by atoms with Gasteiger partial charge in [-0.1, -0.05) is 0 Å². The highest BCUT2D eigenvalue weighted by Gasteiger charge is 2.24. The summed E-state index contributed by atoms with van der Waals surface area (Å²) in [7, 11) is 1.47. The van der Waals surface area contributed by atoms with Crippen LogP contribution in [0.25, 0.3) is 0 Å². The Morgan fingerprint density at radius 1 is 1.43 bits per heavy atom. The molecule has 1 saturated heterocycles. The van der Waals surface area contributed by atoms with Crippen LogP contribution in [0.3, 0.4) is 0 Å². The van der Waals surface area contributed by atoms with Crippen molar-refractivity contribution in [2.24, 2.45) is 0 Å². The highest BCUT2D eigenvalue weighted by molar-refractivity contribution is 5.93. The molecule has 1 fully saturated rings. The Kier molecular flexibility index (Phi) is 5.21. The van der Waals surface area contributed by atoms with Crippen molar-refractivity contribution in [2.75, 3.05) is 26.8 Å². The maximum Gasteiger partial charge on any atom is 0.255 e. The summed E-state index contributed by atoms with van der Waals surface area (Å²) in [6.45, 7) is 1.14. The van der Waals surface area contributed by atoms with E-state index in [9.17, 15) is 14.0 Å². The predicted octanol–water partition coefficient (Wildman–Crippen LogP) is 0.588. The molecular formula is C14H18FN3O3. The quantitative estimate of drug-likeness (QED) is 0.825. The van der Waals surface area contributed by atoms with Crippen LogP contribution in [0.15, 0.2) is 18.3 Å². The molecule has 0 spiro atoms. The predicted molar refractivity (Wildman–Crippen MR) is 73.1 cm³/mol. The van der Waals surface area contributed by atoms with Crippen molar-refractivity contribution in [1.29, 1.82) is 0 Å². The summed E-state index contributed by atoms with van der Waals surface area (Å²) in [5, 5.41) is 2.86. The zero-order valence-electron chi connectivity index (χ0n) is 11.8. The van der Waals surface area contributed by atoms with E-state index in [1.165, 1.54) is 25.4 Å². The number of nitrogens with zero attached hydrogens (tertiary/aromatic N) is 2. The number of halogens is 1. The third-order valence-corrected chi connectivity index (χ3v) is 3.40. The molecule has 0 bridgehead atoms. The van der Waals surface area contributed by atoms with E-state index in [-0.39, 0.29) is 24.5 Å². The topological polar surface area (TPSA) is 71.5 Å².